The van der Waals surface area contributed by atoms with Gasteiger partial charge in [0.15, 0.2) is 0 Å². The second-order valence-electron chi connectivity index (χ2n) is 3.11. The van der Waals surface area contributed by atoms with Crippen LogP contribution < -0.4 is 0 Å². The fourth-order valence-corrected chi connectivity index (χ4v) is 3.52. The number of halogens is 1. The van der Waals surface area contributed by atoms with Crippen molar-refractivity contribution >= 4 is 20.6 Å². The number of rotatable bonds is 4. The zero-order valence-corrected chi connectivity index (χ0v) is 9.78. The molecule has 0 saturated carbocycles. The zero-order chi connectivity index (χ0) is 11.5. The predicted molar refractivity (Wildman–Crippen MR) is 57.4 cm³/mol. The van der Waals surface area contributed by atoms with Gasteiger partial charge in [0.1, 0.15) is 15.7 Å². The van der Waals surface area contributed by atoms with Gasteiger partial charge in [0, 0.05) is 12.0 Å². The predicted octanol–water partition coefficient (Wildman–Crippen LogP) is 0.978. The Morgan fingerprint density at radius 1 is 1.33 bits per heavy atom. The lowest BCUT2D eigenvalue weighted by molar-refractivity contribution is 0.593. The average Bonchev–Trinajstić information content (AvgIpc) is 2.14. The Morgan fingerprint density at radius 2 is 1.93 bits per heavy atom. The standard InChI is InChI=1S/C9H11FO3S2/c1-15(12,13)7-6-14(11)9-5-3-2-4-8(9)10/h2-5H,6-7H2,1H3. The van der Waals surface area contributed by atoms with E-state index < -0.39 is 26.5 Å². The fourth-order valence-electron chi connectivity index (χ4n) is 0.966. The molecule has 1 rings (SSSR count). The second-order valence-corrected chi connectivity index (χ2v) is 6.91. The summed E-state index contributed by atoms with van der Waals surface area (Å²) in [5.41, 5.74) is 0. The van der Waals surface area contributed by atoms with E-state index in [0.29, 0.717) is 0 Å². The van der Waals surface area contributed by atoms with E-state index in [4.69, 9.17) is 0 Å². The van der Waals surface area contributed by atoms with Crippen molar-refractivity contribution in [2.45, 2.75) is 4.90 Å². The minimum Gasteiger partial charge on any atom is -0.254 e. The van der Waals surface area contributed by atoms with E-state index in [1.165, 1.54) is 18.2 Å². The first kappa shape index (κ1) is 12.3. The van der Waals surface area contributed by atoms with E-state index in [1.807, 2.05) is 0 Å². The molecule has 15 heavy (non-hydrogen) atoms. The summed E-state index contributed by atoms with van der Waals surface area (Å²) in [6.45, 7) is 0. The van der Waals surface area contributed by atoms with Crippen LogP contribution in [0.5, 0.6) is 0 Å². The van der Waals surface area contributed by atoms with Gasteiger partial charge in [0.25, 0.3) is 0 Å². The third-order valence-corrected chi connectivity index (χ3v) is 4.32. The molecule has 0 aliphatic rings. The Morgan fingerprint density at radius 3 is 2.47 bits per heavy atom. The van der Waals surface area contributed by atoms with Crippen molar-refractivity contribution in [2.24, 2.45) is 0 Å². The van der Waals surface area contributed by atoms with Gasteiger partial charge in [-0.3, -0.25) is 4.21 Å². The Bertz CT molecular complexity index is 468. The Kier molecular flexibility index (Phi) is 3.98. The van der Waals surface area contributed by atoms with Crippen LogP contribution in [0.1, 0.15) is 0 Å². The highest BCUT2D eigenvalue weighted by atomic mass is 32.2. The SMILES string of the molecule is CS(=O)(=O)CCS(=O)c1ccccc1F. The lowest BCUT2D eigenvalue weighted by Gasteiger charge is -2.02. The lowest BCUT2D eigenvalue weighted by Crippen LogP contribution is -2.12. The number of hydrogen-bond donors (Lipinski definition) is 0. The van der Waals surface area contributed by atoms with Gasteiger partial charge in [0.2, 0.25) is 0 Å². The minimum atomic E-state index is -3.16. The van der Waals surface area contributed by atoms with Crippen molar-refractivity contribution in [3.63, 3.8) is 0 Å². The summed E-state index contributed by atoms with van der Waals surface area (Å²) < 4.78 is 46.3. The summed E-state index contributed by atoms with van der Waals surface area (Å²) in [6.07, 6.45) is 1.06. The normalized spacial score (nSPS) is 13.7. The van der Waals surface area contributed by atoms with Crippen molar-refractivity contribution < 1.29 is 17.0 Å². The molecule has 0 N–H and O–H groups in total. The Labute approximate surface area is 90.7 Å². The maximum absolute atomic E-state index is 13.1. The zero-order valence-electron chi connectivity index (χ0n) is 8.14. The van der Waals surface area contributed by atoms with Crippen molar-refractivity contribution in [3.05, 3.63) is 30.1 Å². The highest BCUT2D eigenvalue weighted by Gasteiger charge is 2.11. The molecule has 0 aliphatic carbocycles. The van der Waals surface area contributed by atoms with Gasteiger partial charge >= 0.3 is 0 Å². The summed E-state index contributed by atoms with van der Waals surface area (Å²) >= 11 is 0. The first-order chi connectivity index (χ1) is 6.90. The van der Waals surface area contributed by atoms with Crippen LogP contribution in [0.3, 0.4) is 0 Å². The highest BCUT2D eigenvalue weighted by molar-refractivity contribution is 7.92. The van der Waals surface area contributed by atoms with Crippen LogP contribution in [0.25, 0.3) is 0 Å². The molecule has 0 aliphatic heterocycles. The van der Waals surface area contributed by atoms with Gasteiger partial charge in [-0.1, -0.05) is 12.1 Å². The van der Waals surface area contributed by atoms with Crippen LogP contribution in [0.2, 0.25) is 0 Å². The smallest absolute Gasteiger partial charge is 0.148 e. The van der Waals surface area contributed by atoms with E-state index in [2.05, 4.69) is 0 Å². The van der Waals surface area contributed by atoms with Gasteiger partial charge < -0.3 is 0 Å². The molecule has 1 aromatic rings. The molecule has 0 amide bonds. The molecule has 84 valence electrons. The summed E-state index contributed by atoms with van der Waals surface area (Å²) in [5, 5.41) is 0. The molecule has 1 unspecified atom stereocenters. The van der Waals surface area contributed by atoms with E-state index in [9.17, 15) is 17.0 Å². The van der Waals surface area contributed by atoms with Crippen LogP contribution in [-0.2, 0) is 20.6 Å². The molecule has 0 heterocycles. The Hall–Kier alpha value is -0.750. The van der Waals surface area contributed by atoms with Crippen LogP contribution in [0.4, 0.5) is 4.39 Å². The van der Waals surface area contributed by atoms with E-state index in [-0.39, 0.29) is 16.4 Å². The minimum absolute atomic E-state index is 0.0566. The summed E-state index contributed by atoms with van der Waals surface area (Å²) in [6, 6.07) is 5.66. The molecule has 3 nitrogen and oxygen atoms in total. The monoisotopic (exact) mass is 250 g/mol. The summed E-state index contributed by atoms with van der Waals surface area (Å²) in [7, 11) is -4.75. The number of hydrogen-bond acceptors (Lipinski definition) is 3. The molecule has 0 spiro atoms. The van der Waals surface area contributed by atoms with Gasteiger partial charge in [-0.05, 0) is 12.1 Å². The average molecular weight is 250 g/mol. The molecule has 0 fully saturated rings. The quantitative estimate of drug-likeness (QED) is 0.800. The van der Waals surface area contributed by atoms with Gasteiger partial charge in [0.05, 0.1) is 21.4 Å². The number of benzene rings is 1. The first-order valence-electron chi connectivity index (χ1n) is 4.21. The van der Waals surface area contributed by atoms with Gasteiger partial charge in [-0.2, -0.15) is 0 Å². The van der Waals surface area contributed by atoms with Crippen LogP contribution in [0, 0.1) is 5.82 Å². The van der Waals surface area contributed by atoms with Crippen molar-refractivity contribution in [1.82, 2.24) is 0 Å². The third kappa shape index (κ3) is 4.09. The molecule has 1 aromatic carbocycles. The van der Waals surface area contributed by atoms with Crippen molar-refractivity contribution in [2.75, 3.05) is 17.8 Å². The lowest BCUT2D eigenvalue weighted by atomic mass is 10.3. The topological polar surface area (TPSA) is 51.2 Å². The second kappa shape index (κ2) is 4.85. The van der Waals surface area contributed by atoms with Crippen LogP contribution in [-0.4, -0.2) is 30.4 Å². The molecule has 0 saturated heterocycles. The number of sulfone groups is 1. The highest BCUT2D eigenvalue weighted by Crippen LogP contribution is 2.11. The molecule has 6 heteroatoms. The van der Waals surface area contributed by atoms with Gasteiger partial charge in [-0.15, -0.1) is 0 Å². The van der Waals surface area contributed by atoms with E-state index >= 15 is 0 Å². The van der Waals surface area contributed by atoms with Crippen molar-refractivity contribution in [3.8, 4) is 0 Å². The first-order valence-corrected chi connectivity index (χ1v) is 7.59. The van der Waals surface area contributed by atoms with E-state index in [1.54, 1.807) is 6.07 Å². The summed E-state index contributed by atoms with van der Waals surface area (Å²) in [4.78, 5) is 0.0566. The molecule has 0 bridgehead atoms. The maximum Gasteiger partial charge on any atom is 0.148 e. The maximum atomic E-state index is 13.1. The van der Waals surface area contributed by atoms with Crippen molar-refractivity contribution in [1.29, 1.82) is 0 Å². The van der Waals surface area contributed by atoms with Crippen LogP contribution >= 0.6 is 0 Å². The van der Waals surface area contributed by atoms with Gasteiger partial charge in [-0.25, -0.2) is 12.8 Å². The Balaban J connectivity index is 2.75. The van der Waals surface area contributed by atoms with Crippen LogP contribution in [0.15, 0.2) is 29.2 Å². The fraction of sp³-hybridized carbons (Fsp3) is 0.333. The molecular weight excluding hydrogens is 239 g/mol. The third-order valence-electron chi connectivity index (χ3n) is 1.72. The van der Waals surface area contributed by atoms with E-state index in [0.717, 1.165) is 6.26 Å². The molecule has 0 radical (unpaired) electrons. The largest absolute Gasteiger partial charge is 0.254 e. The summed E-state index contributed by atoms with van der Waals surface area (Å²) in [5.74, 6) is -0.836. The molecular formula is C9H11FO3S2. The molecule has 0 aromatic heterocycles. The molecule has 1 atom stereocenters.